The lowest BCUT2D eigenvalue weighted by Gasteiger charge is -2.09. The number of non-ortho nitro benzene ring substituents is 1. The van der Waals surface area contributed by atoms with Gasteiger partial charge in [0.2, 0.25) is 0 Å². The number of nitrogens with one attached hydrogen (secondary N) is 3. The molecular weight excluding hydrogens is 310 g/mol. The number of carbonyl (C=O) groups excluding carboxylic acids is 1. The van der Waals surface area contributed by atoms with Crippen LogP contribution in [0.3, 0.4) is 0 Å². The second kappa shape index (κ2) is 6.78. The number of nitrogens with zero attached hydrogens (tertiary/aromatic N) is 2. The van der Waals surface area contributed by atoms with Crippen molar-refractivity contribution < 1.29 is 9.72 Å². The van der Waals surface area contributed by atoms with Gasteiger partial charge in [0.25, 0.3) is 5.69 Å². The van der Waals surface area contributed by atoms with Gasteiger partial charge < -0.3 is 16.0 Å². The third-order valence-electron chi connectivity index (χ3n) is 3.38. The summed E-state index contributed by atoms with van der Waals surface area (Å²) in [6, 6.07) is 12.6. The molecule has 3 rings (SSSR count). The molecule has 0 radical (unpaired) electrons. The summed E-state index contributed by atoms with van der Waals surface area (Å²) >= 11 is 0. The average molecular weight is 325 g/mol. The standard InChI is InChI=1S/C16H15N5O3/c22-16(20-13-5-2-6-14(10-13)21(23)24)19-12-4-1-3-11(9-12)15-17-7-8-18-15/h1-6,9-10H,7-8H2,(H,17,18)(H2,19,20,22). The van der Waals surface area contributed by atoms with Crippen LogP contribution in [0, 0.1) is 10.1 Å². The molecule has 0 fully saturated rings. The molecule has 1 aliphatic rings. The van der Waals surface area contributed by atoms with Gasteiger partial charge in [-0.1, -0.05) is 18.2 Å². The lowest BCUT2D eigenvalue weighted by molar-refractivity contribution is -0.384. The normalized spacial score (nSPS) is 12.9. The van der Waals surface area contributed by atoms with Crippen molar-refractivity contribution in [2.45, 2.75) is 0 Å². The number of amides is 2. The molecule has 2 amide bonds. The van der Waals surface area contributed by atoms with Gasteiger partial charge in [-0.2, -0.15) is 0 Å². The Hall–Kier alpha value is -3.42. The third-order valence-corrected chi connectivity index (χ3v) is 3.38. The quantitative estimate of drug-likeness (QED) is 0.593. The summed E-state index contributed by atoms with van der Waals surface area (Å²) in [6.45, 7) is 1.54. The average Bonchev–Trinajstić information content (AvgIpc) is 3.09. The van der Waals surface area contributed by atoms with Crippen LogP contribution in [-0.4, -0.2) is 29.9 Å². The van der Waals surface area contributed by atoms with Crippen molar-refractivity contribution in [3.63, 3.8) is 0 Å². The van der Waals surface area contributed by atoms with Crippen LogP contribution >= 0.6 is 0 Å². The van der Waals surface area contributed by atoms with Gasteiger partial charge in [0.05, 0.1) is 11.5 Å². The number of nitro benzene ring substituents is 1. The fourth-order valence-electron chi connectivity index (χ4n) is 2.33. The lowest BCUT2D eigenvalue weighted by atomic mass is 10.2. The molecule has 2 aromatic carbocycles. The van der Waals surface area contributed by atoms with Crippen molar-refractivity contribution in [1.82, 2.24) is 5.32 Å². The molecule has 0 aliphatic carbocycles. The van der Waals surface area contributed by atoms with Crippen LogP contribution in [0.4, 0.5) is 21.9 Å². The van der Waals surface area contributed by atoms with E-state index in [1.165, 1.54) is 18.2 Å². The Balaban J connectivity index is 1.68. The molecule has 0 saturated heterocycles. The van der Waals surface area contributed by atoms with E-state index >= 15 is 0 Å². The van der Waals surface area contributed by atoms with Crippen molar-refractivity contribution in [3.8, 4) is 0 Å². The number of carbonyl (C=O) groups is 1. The van der Waals surface area contributed by atoms with Crippen molar-refractivity contribution in [2.75, 3.05) is 23.7 Å². The molecule has 0 atom stereocenters. The zero-order valence-electron chi connectivity index (χ0n) is 12.7. The van der Waals surface area contributed by atoms with Gasteiger partial charge in [-0.25, -0.2) is 4.79 Å². The SMILES string of the molecule is O=C(Nc1cccc(C2=NCCN2)c1)Nc1cccc([N+](=O)[O-])c1. The molecule has 0 bridgehead atoms. The summed E-state index contributed by atoms with van der Waals surface area (Å²) in [4.78, 5) is 26.6. The van der Waals surface area contributed by atoms with Gasteiger partial charge in [0.15, 0.2) is 0 Å². The van der Waals surface area contributed by atoms with Gasteiger partial charge in [-0.15, -0.1) is 0 Å². The molecule has 0 spiro atoms. The molecule has 1 aliphatic heterocycles. The summed E-state index contributed by atoms with van der Waals surface area (Å²) in [6.07, 6.45) is 0. The molecule has 8 heteroatoms. The number of benzene rings is 2. The summed E-state index contributed by atoms with van der Waals surface area (Å²) in [7, 11) is 0. The highest BCUT2D eigenvalue weighted by molar-refractivity contribution is 6.03. The Morgan fingerprint density at radius 3 is 2.50 bits per heavy atom. The second-order valence-corrected chi connectivity index (χ2v) is 5.12. The Bertz CT molecular complexity index is 819. The van der Waals surface area contributed by atoms with Crippen molar-refractivity contribution in [1.29, 1.82) is 0 Å². The number of rotatable bonds is 4. The van der Waals surface area contributed by atoms with Crippen molar-refractivity contribution in [3.05, 3.63) is 64.2 Å². The topological polar surface area (TPSA) is 109 Å². The number of urea groups is 1. The highest BCUT2D eigenvalue weighted by atomic mass is 16.6. The maximum Gasteiger partial charge on any atom is 0.323 e. The maximum absolute atomic E-state index is 12.1. The summed E-state index contributed by atoms with van der Waals surface area (Å²) < 4.78 is 0. The minimum atomic E-state index is -0.512. The Morgan fingerprint density at radius 2 is 1.83 bits per heavy atom. The zero-order chi connectivity index (χ0) is 16.9. The smallest absolute Gasteiger partial charge is 0.323 e. The van der Waals surface area contributed by atoms with E-state index in [0.29, 0.717) is 11.4 Å². The molecule has 0 aromatic heterocycles. The molecule has 0 unspecified atom stereocenters. The van der Waals surface area contributed by atoms with Gasteiger partial charge in [0, 0.05) is 35.6 Å². The van der Waals surface area contributed by atoms with E-state index in [4.69, 9.17) is 0 Å². The lowest BCUT2D eigenvalue weighted by Crippen LogP contribution is -2.21. The summed E-state index contributed by atoms with van der Waals surface area (Å²) in [5.41, 5.74) is 1.76. The summed E-state index contributed by atoms with van der Waals surface area (Å²) in [5.74, 6) is 0.803. The number of hydrogen-bond donors (Lipinski definition) is 3. The van der Waals surface area contributed by atoms with Crippen LogP contribution < -0.4 is 16.0 Å². The maximum atomic E-state index is 12.1. The number of hydrogen-bond acceptors (Lipinski definition) is 5. The van der Waals surface area contributed by atoms with Gasteiger partial charge in [0.1, 0.15) is 5.84 Å². The minimum absolute atomic E-state index is 0.0832. The molecule has 122 valence electrons. The highest BCUT2D eigenvalue weighted by Gasteiger charge is 2.10. The van der Waals surface area contributed by atoms with Gasteiger partial charge in [-0.05, 0) is 18.2 Å². The van der Waals surface area contributed by atoms with E-state index in [0.717, 1.165) is 24.5 Å². The zero-order valence-corrected chi connectivity index (χ0v) is 12.7. The first kappa shape index (κ1) is 15.5. The fourth-order valence-corrected chi connectivity index (χ4v) is 2.33. The molecule has 3 N–H and O–H groups in total. The van der Waals surface area contributed by atoms with Crippen LogP contribution in [0.2, 0.25) is 0 Å². The Labute approximate surface area is 137 Å². The fraction of sp³-hybridized carbons (Fsp3) is 0.125. The molecule has 0 saturated carbocycles. The number of amidine groups is 1. The second-order valence-electron chi connectivity index (χ2n) is 5.12. The van der Waals surface area contributed by atoms with E-state index in [-0.39, 0.29) is 5.69 Å². The van der Waals surface area contributed by atoms with Gasteiger partial charge >= 0.3 is 6.03 Å². The first-order valence-corrected chi connectivity index (χ1v) is 7.33. The monoisotopic (exact) mass is 325 g/mol. The van der Waals surface area contributed by atoms with E-state index in [9.17, 15) is 14.9 Å². The van der Waals surface area contributed by atoms with Crippen LogP contribution in [0.15, 0.2) is 53.5 Å². The van der Waals surface area contributed by atoms with E-state index in [1.807, 2.05) is 18.2 Å². The molecule has 24 heavy (non-hydrogen) atoms. The Morgan fingerprint density at radius 1 is 1.12 bits per heavy atom. The van der Waals surface area contributed by atoms with Crippen LogP contribution in [-0.2, 0) is 0 Å². The third kappa shape index (κ3) is 3.67. The van der Waals surface area contributed by atoms with Crippen molar-refractivity contribution in [2.24, 2.45) is 4.99 Å². The number of aliphatic imine (C=N–C) groups is 1. The molecule has 8 nitrogen and oxygen atoms in total. The number of nitro groups is 1. The largest absolute Gasteiger partial charge is 0.368 e. The van der Waals surface area contributed by atoms with Crippen LogP contribution in [0.5, 0.6) is 0 Å². The predicted molar refractivity (Wildman–Crippen MR) is 91.6 cm³/mol. The Kier molecular flexibility index (Phi) is 4.37. The number of anilines is 2. The predicted octanol–water partition coefficient (Wildman–Crippen LogP) is 2.59. The molecule has 2 aromatic rings. The van der Waals surface area contributed by atoms with Gasteiger partial charge in [-0.3, -0.25) is 15.1 Å². The van der Waals surface area contributed by atoms with E-state index in [1.54, 1.807) is 12.1 Å². The first-order valence-electron chi connectivity index (χ1n) is 7.33. The highest BCUT2D eigenvalue weighted by Crippen LogP contribution is 2.18. The summed E-state index contributed by atoms with van der Waals surface area (Å²) in [5, 5.41) is 19.2. The van der Waals surface area contributed by atoms with E-state index < -0.39 is 11.0 Å². The minimum Gasteiger partial charge on any atom is -0.368 e. The van der Waals surface area contributed by atoms with Crippen molar-refractivity contribution >= 4 is 28.9 Å². The van der Waals surface area contributed by atoms with E-state index in [2.05, 4.69) is 20.9 Å². The molecular formula is C16H15N5O3. The van der Waals surface area contributed by atoms with Crippen LogP contribution in [0.25, 0.3) is 0 Å². The first-order chi connectivity index (χ1) is 11.6. The molecule has 1 heterocycles. The van der Waals surface area contributed by atoms with Crippen LogP contribution in [0.1, 0.15) is 5.56 Å².